The summed E-state index contributed by atoms with van der Waals surface area (Å²) in [5.41, 5.74) is 0.185. The molecular formula is C22H20N4O9S2. The summed E-state index contributed by atoms with van der Waals surface area (Å²) in [4.78, 5) is 33.2. The Kier molecular flexibility index (Phi) is 8.21. The van der Waals surface area contributed by atoms with Gasteiger partial charge >= 0.3 is 12.0 Å². The zero-order valence-corrected chi connectivity index (χ0v) is 20.5. The number of carbonyl (C=O) groups excluding carboxylic acids is 1. The lowest BCUT2D eigenvalue weighted by Gasteiger charge is -2.20. The highest BCUT2D eigenvalue weighted by Gasteiger charge is 2.27. The van der Waals surface area contributed by atoms with Crippen molar-refractivity contribution in [1.29, 1.82) is 0 Å². The standard InChI is InChI=1S/C22H20N4O9S2/c27-21(28)15-25(14-16-6-10-18(11-7-16)26(30)31)37(34,35)20-12-8-17(9-13-20)23-22(29)24-36(32,33)19-4-2-1-3-5-19/h1-13H,14-15H2,(H,27,28)(H2,23,24,29). The number of nitrogens with one attached hydrogen (secondary N) is 2. The molecule has 15 heteroatoms. The first kappa shape index (κ1) is 27.3. The zero-order chi connectivity index (χ0) is 27.2. The molecule has 0 spiro atoms. The van der Waals surface area contributed by atoms with E-state index in [4.69, 9.17) is 0 Å². The Hall–Kier alpha value is -4.34. The lowest BCUT2D eigenvalue weighted by molar-refractivity contribution is -0.384. The molecule has 0 saturated carbocycles. The fourth-order valence-corrected chi connectivity index (χ4v) is 5.41. The monoisotopic (exact) mass is 548 g/mol. The quantitative estimate of drug-likeness (QED) is 0.252. The maximum atomic E-state index is 13.1. The van der Waals surface area contributed by atoms with Crippen LogP contribution in [0.3, 0.4) is 0 Å². The van der Waals surface area contributed by atoms with Gasteiger partial charge in [0.2, 0.25) is 10.0 Å². The average molecular weight is 549 g/mol. The second kappa shape index (κ2) is 11.2. The van der Waals surface area contributed by atoms with Crippen LogP contribution in [0.15, 0.2) is 88.7 Å². The number of rotatable bonds is 10. The molecule has 0 unspecified atom stereocenters. The summed E-state index contributed by atoms with van der Waals surface area (Å²) >= 11 is 0. The highest BCUT2D eigenvalue weighted by molar-refractivity contribution is 7.90. The van der Waals surface area contributed by atoms with E-state index in [2.05, 4.69) is 5.32 Å². The predicted octanol–water partition coefficient (Wildman–Crippen LogP) is 2.38. The molecule has 0 atom stereocenters. The molecule has 3 aromatic rings. The summed E-state index contributed by atoms with van der Waals surface area (Å²) < 4.78 is 53.2. The number of nitro benzene ring substituents is 1. The minimum absolute atomic E-state index is 0.0693. The molecule has 0 saturated heterocycles. The number of anilines is 1. The van der Waals surface area contributed by atoms with Crippen molar-refractivity contribution in [2.45, 2.75) is 16.3 Å². The number of non-ortho nitro benzene ring substituents is 1. The van der Waals surface area contributed by atoms with Gasteiger partial charge in [-0.25, -0.2) is 26.4 Å². The Morgan fingerprint density at radius 1 is 0.865 bits per heavy atom. The molecule has 0 fully saturated rings. The van der Waals surface area contributed by atoms with Gasteiger partial charge in [0, 0.05) is 24.4 Å². The number of sulfonamides is 2. The highest BCUT2D eigenvalue weighted by Crippen LogP contribution is 2.22. The fraction of sp³-hybridized carbons (Fsp3) is 0.0909. The number of urea groups is 1. The Balaban J connectivity index is 1.74. The van der Waals surface area contributed by atoms with Crippen LogP contribution in [0, 0.1) is 10.1 Å². The SMILES string of the molecule is O=C(O)CN(Cc1ccc([N+](=O)[O-])cc1)S(=O)(=O)c1ccc(NC(=O)NS(=O)(=O)c2ccccc2)cc1. The first-order chi connectivity index (χ1) is 17.4. The van der Waals surface area contributed by atoms with Crippen LogP contribution in [0.25, 0.3) is 0 Å². The lowest BCUT2D eigenvalue weighted by atomic mass is 10.2. The Morgan fingerprint density at radius 2 is 1.46 bits per heavy atom. The first-order valence-electron chi connectivity index (χ1n) is 10.3. The van der Waals surface area contributed by atoms with Crippen LogP contribution < -0.4 is 10.0 Å². The smallest absolute Gasteiger partial charge is 0.333 e. The third-order valence-corrected chi connectivity index (χ3v) is 8.00. The van der Waals surface area contributed by atoms with E-state index in [-0.39, 0.29) is 27.7 Å². The molecule has 3 N–H and O–H groups in total. The first-order valence-corrected chi connectivity index (χ1v) is 13.2. The largest absolute Gasteiger partial charge is 0.480 e. The second-order valence-corrected chi connectivity index (χ2v) is 11.1. The molecule has 0 heterocycles. The predicted molar refractivity (Wildman–Crippen MR) is 131 cm³/mol. The molecule has 0 aliphatic carbocycles. The fourth-order valence-electron chi connectivity index (χ4n) is 3.10. The van der Waals surface area contributed by atoms with Crippen LogP contribution in [0.1, 0.15) is 5.56 Å². The molecule has 0 radical (unpaired) electrons. The number of nitrogens with zero attached hydrogens (tertiary/aromatic N) is 2. The average Bonchev–Trinajstić information content (AvgIpc) is 2.84. The number of carbonyl (C=O) groups is 2. The maximum absolute atomic E-state index is 13.1. The Labute approximate surface area is 211 Å². The van der Waals surface area contributed by atoms with Gasteiger partial charge in [0.1, 0.15) is 6.54 Å². The van der Waals surface area contributed by atoms with Gasteiger partial charge in [-0.05, 0) is 42.0 Å². The Bertz CT molecular complexity index is 1510. The van der Waals surface area contributed by atoms with Gasteiger partial charge in [0.25, 0.3) is 15.7 Å². The third-order valence-electron chi connectivity index (χ3n) is 4.85. The van der Waals surface area contributed by atoms with Gasteiger partial charge in [-0.3, -0.25) is 14.9 Å². The second-order valence-electron chi connectivity index (χ2n) is 7.49. The van der Waals surface area contributed by atoms with E-state index in [9.17, 15) is 41.6 Å². The van der Waals surface area contributed by atoms with Gasteiger partial charge in [0.15, 0.2) is 0 Å². The molecule has 13 nitrogen and oxygen atoms in total. The molecule has 2 amide bonds. The van der Waals surface area contributed by atoms with Crippen molar-refractivity contribution < 1.29 is 36.5 Å². The van der Waals surface area contributed by atoms with Crippen LogP contribution in [0.2, 0.25) is 0 Å². The number of benzene rings is 3. The number of hydrogen-bond donors (Lipinski definition) is 3. The summed E-state index contributed by atoms with van der Waals surface area (Å²) in [5, 5.41) is 22.3. The number of amides is 2. The van der Waals surface area contributed by atoms with Crippen LogP contribution in [0.4, 0.5) is 16.2 Å². The van der Waals surface area contributed by atoms with E-state index < -0.39 is 43.5 Å². The van der Waals surface area contributed by atoms with Crippen molar-refractivity contribution in [3.63, 3.8) is 0 Å². The molecule has 0 aliphatic rings. The van der Waals surface area contributed by atoms with Crippen LogP contribution in [-0.4, -0.2) is 49.7 Å². The minimum Gasteiger partial charge on any atom is -0.480 e. The summed E-state index contributed by atoms with van der Waals surface area (Å²) in [6, 6.07) is 15.7. The Morgan fingerprint density at radius 3 is 2.00 bits per heavy atom. The van der Waals surface area contributed by atoms with Gasteiger partial charge in [-0.2, -0.15) is 4.31 Å². The van der Waals surface area contributed by atoms with Crippen molar-refractivity contribution in [1.82, 2.24) is 9.03 Å². The number of carboxylic acids is 1. The normalized spacial score (nSPS) is 11.6. The van der Waals surface area contributed by atoms with E-state index in [0.29, 0.717) is 9.87 Å². The van der Waals surface area contributed by atoms with Crippen LogP contribution >= 0.6 is 0 Å². The van der Waals surface area contributed by atoms with E-state index in [1.54, 1.807) is 6.07 Å². The van der Waals surface area contributed by atoms with Crippen LogP contribution in [0.5, 0.6) is 0 Å². The molecule has 0 bridgehead atoms. The topological polar surface area (TPSA) is 193 Å². The molecule has 3 aromatic carbocycles. The summed E-state index contributed by atoms with van der Waals surface area (Å²) in [5.74, 6) is -1.42. The highest BCUT2D eigenvalue weighted by atomic mass is 32.2. The summed E-state index contributed by atoms with van der Waals surface area (Å²) in [7, 11) is -8.47. The maximum Gasteiger partial charge on any atom is 0.333 e. The van der Waals surface area contributed by atoms with Crippen molar-refractivity contribution in [2.75, 3.05) is 11.9 Å². The van der Waals surface area contributed by atoms with Crippen molar-refractivity contribution in [3.05, 3.63) is 94.5 Å². The summed E-state index contributed by atoms with van der Waals surface area (Å²) in [6.07, 6.45) is 0. The lowest BCUT2D eigenvalue weighted by Crippen LogP contribution is -2.35. The van der Waals surface area contributed by atoms with E-state index in [0.717, 1.165) is 12.1 Å². The van der Waals surface area contributed by atoms with Crippen LogP contribution in [-0.2, 0) is 31.4 Å². The van der Waals surface area contributed by atoms with E-state index in [1.165, 1.54) is 60.7 Å². The van der Waals surface area contributed by atoms with E-state index >= 15 is 0 Å². The van der Waals surface area contributed by atoms with Crippen molar-refractivity contribution >= 4 is 43.4 Å². The molecule has 0 aromatic heterocycles. The molecular weight excluding hydrogens is 528 g/mol. The molecule has 0 aliphatic heterocycles. The zero-order valence-electron chi connectivity index (χ0n) is 18.8. The van der Waals surface area contributed by atoms with Gasteiger partial charge < -0.3 is 10.4 Å². The van der Waals surface area contributed by atoms with Crippen molar-refractivity contribution in [2.24, 2.45) is 0 Å². The van der Waals surface area contributed by atoms with Gasteiger partial charge in [0.05, 0.1) is 14.7 Å². The molecule has 37 heavy (non-hydrogen) atoms. The number of nitro groups is 1. The summed E-state index contributed by atoms with van der Waals surface area (Å²) in [6.45, 7) is -1.24. The number of hydrogen-bond acceptors (Lipinski definition) is 8. The number of aliphatic carboxylic acids is 1. The minimum atomic E-state index is -4.34. The molecule has 3 rings (SSSR count). The van der Waals surface area contributed by atoms with Crippen molar-refractivity contribution in [3.8, 4) is 0 Å². The third kappa shape index (κ3) is 7.09. The molecule has 194 valence electrons. The van der Waals surface area contributed by atoms with Gasteiger partial charge in [-0.1, -0.05) is 30.3 Å². The number of carboxylic acid groups (broad SMARTS) is 1. The van der Waals surface area contributed by atoms with Gasteiger partial charge in [-0.15, -0.1) is 0 Å². The van der Waals surface area contributed by atoms with E-state index in [1.807, 2.05) is 4.72 Å².